The third-order valence-corrected chi connectivity index (χ3v) is 4.48. The number of aliphatic hydroxyl groups is 1. The van der Waals surface area contributed by atoms with Crippen LogP contribution < -0.4 is 15.8 Å². The zero-order valence-electron chi connectivity index (χ0n) is 16.0. The molecule has 0 fully saturated rings. The molecule has 0 aliphatic heterocycles. The Kier molecular flexibility index (Phi) is 7.64. The summed E-state index contributed by atoms with van der Waals surface area (Å²) >= 11 is 6.14. The summed E-state index contributed by atoms with van der Waals surface area (Å²) in [5.74, 6) is -0.933. The zero-order valence-corrected chi connectivity index (χ0v) is 16.8. The molecule has 0 bridgehead atoms. The van der Waals surface area contributed by atoms with Crippen LogP contribution in [-0.4, -0.2) is 35.2 Å². The Morgan fingerprint density at radius 2 is 2.00 bits per heavy atom. The van der Waals surface area contributed by atoms with E-state index < -0.39 is 12.0 Å². The minimum absolute atomic E-state index is 0.0186. The van der Waals surface area contributed by atoms with E-state index in [4.69, 9.17) is 32.6 Å². The summed E-state index contributed by atoms with van der Waals surface area (Å²) in [6.07, 6.45) is 0.657. The first-order valence-corrected chi connectivity index (χ1v) is 9.35. The first-order valence-electron chi connectivity index (χ1n) is 8.97. The lowest BCUT2D eigenvalue weighted by atomic mass is 9.96. The molecule has 0 aromatic heterocycles. The molecule has 0 spiro atoms. The number of halogens is 1. The van der Waals surface area contributed by atoms with Crippen molar-refractivity contribution in [2.75, 3.05) is 18.5 Å². The number of amidine groups is 1. The van der Waals surface area contributed by atoms with Crippen molar-refractivity contribution in [1.82, 2.24) is 0 Å². The molecule has 0 amide bonds. The average Bonchev–Trinajstić information content (AvgIpc) is 2.69. The predicted octanol–water partition coefficient (Wildman–Crippen LogP) is 3.35. The van der Waals surface area contributed by atoms with Gasteiger partial charge in [-0.25, -0.2) is 4.79 Å². The fourth-order valence-electron chi connectivity index (χ4n) is 2.83. The number of anilines is 1. The molecule has 1 atom stereocenters. The maximum absolute atomic E-state index is 12.1. The fraction of sp³-hybridized carbons (Fsp3) is 0.238. The van der Waals surface area contributed by atoms with Gasteiger partial charge < -0.3 is 26.0 Å². The van der Waals surface area contributed by atoms with Gasteiger partial charge >= 0.3 is 5.97 Å². The van der Waals surface area contributed by atoms with Crippen molar-refractivity contribution in [2.24, 2.45) is 5.73 Å². The highest BCUT2D eigenvalue weighted by atomic mass is 35.5. The predicted molar refractivity (Wildman–Crippen MR) is 115 cm³/mol. The Morgan fingerprint density at radius 1 is 1.34 bits per heavy atom. The monoisotopic (exact) mass is 417 g/mol. The maximum atomic E-state index is 12.1. The van der Waals surface area contributed by atoms with E-state index in [9.17, 15) is 9.90 Å². The SMILES string of the molecule is C=C(Cl)c1cc(CC)cc(C(Nc2ccc(C(=N)N)cc2)C(=O)O)c1OCCO. The molecule has 0 saturated carbocycles. The highest BCUT2D eigenvalue weighted by Gasteiger charge is 2.27. The van der Waals surface area contributed by atoms with Crippen molar-refractivity contribution in [3.05, 3.63) is 65.2 Å². The second kappa shape index (κ2) is 9.95. The van der Waals surface area contributed by atoms with E-state index in [1.165, 1.54) is 0 Å². The second-order valence-corrected chi connectivity index (χ2v) is 6.76. The number of hydrogen-bond donors (Lipinski definition) is 5. The van der Waals surface area contributed by atoms with E-state index in [0.29, 0.717) is 28.8 Å². The Morgan fingerprint density at radius 3 is 2.48 bits per heavy atom. The molecule has 154 valence electrons. The molecule has 29 heavy (non-hydrogen) atoms. The van der Waals surface area contributed by atoms with Crippen molar-refractivity contribution < 1.29 is 19.7 Å². The fourth-order valence-corrected chi connectivity index (χ4v) is 2.97. The van der Waals surface area contributed by atoms with E-state index in [1.807, 2.05) is 6.92 Å². The summed E-state index contributed by atoms with van der Waals surface area (Å²) in [4.78, 5) is 12.1. The number of carboxylic acids is 1. The molecule has 2 aromatic rings. The van der Waals surface area contributed by atoms with Gasteiger partial charge in [-0.3, -0.25) is 5.41 Å². The number of nitrogens with one attached hydrogen (secondary N) is 2. The largest absolute Gasteiger partial charge is 0.490 e. The number of carbonyl (C=O) groups is 1. The van der Waals surface area contributed by atoms with Gasteiger partial charge in [-0.05, 0) is 48.4 Å². The van der Waals surface area contributed by atoms with Gasteiger partial charge in [0, 0.05) is 27.4 Å². The summed E-state index contributed by atoms with van der Waals surface area (Å²) in [5, 5.41) is 29.7. The summed E-state index contributed by atoms with van der Waals surface area (Å²) in [7, 11) is 0. The third-order valence-electron chi connectivity index (χ3n) is 4.28. The third kappa shape index (κ3) is 5.49. The van der Waals surface area contributed by atoms with Crippen LogP contribution in [0.1, 0.15) is 35.2 Å². The van der Waals surface area contributed by atoms with Crippen molar-refractivity contribution >= 4 is 34.1 Å². The molecule has 0 radical (unpaired) electrons. The standard InChI is InChI=1S/C21H24ClN3O4/c1-3-13-10-16(12(2)22)19(29-9-8-26)17(11-13)18(21(27)28)25-15-6-4-14(5-7-15)20(23)24/h4-7,10-11,18,25-26H,2-3,8-9H2,1H3,(H3,23,24)(H,27,28). The molecule has 8 heteroatoms. The molecule has 1 unspecified atom stereocenters. The topological polar surface area (TPSA) is 129 Å². The van der Waals surface area contributed by atoms with Crippen LogP contribution >= 0.6 is 11.6 Å². The zero-order chi connectivity index (χ0) is 21.6. The normalized spacial score (nSPS) is 11.6. The van der Waals surface area contributed by atoms with Gasteiger partial charge in [0.25, 0.3) is 0 Å². The van der Waals surface area contributed by atoms with E-state index in [-0.39, 0.29) is 29.8 Å². The average molecular weight is 418 g/mol. The minimum atomic E-state index is -1.15. The number of rotatable bonds is 10. The van der Waals surface area contributed by atoms with Gasteiger partial charge in [-0.1, -0.05) is 25.1 Å². The molecular weight excluding hydrogens is 394 g/mol. The molecule has 0 saturated heterocycles. The van der Waals surface area contributed by atoms with Gasteiger partial charge in [0.1, 0.15) is 18.2 Å². The maximum Gasteiger partial charge on any atom is 0.330 e. The van der Waals surface area contributed by atoms with E-state index in [0.717, 1.165) is 5.56 Å². The number of aliphatic carboxylic acids is 1. The highest BCUT2D eigenvalue weighted by Crippen LogP contribution is 2.37. The number of aliphatic hydroxyl groups excluding tert-OH is 1. The van der Waals surface area contributed by atoms with Crippen LogP contribution in [0.4, 0.5) is 5.69 Å². The Balaban J connectivity index is 2.54. The van der Waals surface area contributed by atoms with Crippen LogP contribution in [0, 0.1) is 5.41 Å². The number of ether oxygens (including phenoxy) is 1. The minimum Gasteiger partial charge on any atom is -0.490 e. The van der Waals surface area contributed by atoms with E-state index in [2.05, 4.69) is 11.9 Å². The van der Waals surface area contributed by atoms with Gasteiger partial charge in [0.05, 0.1) is 6.61 Å². The van der Waals surface area contributed by atoms with Crippen molar-refractivity contribution in [3.63, 3.8) is 0 Å². The summed E-state index contributed by atoms with van der Waals surface area (Å²) < 4.78 is 5.65. The number of nitrogens with two attached hydrogens (primary N) is 1. The Hall–Kier alpha value is -3.03. The quantitative estimate of drug-likeness (QED) is 0.298. The number of hydrogen-bond acceptors (Lipinski definition) is 5. The first-order chi connectivity index (χ1) is 13.8. The number of nitrogen functional groups attached to an aromatic ring is 1. The van der Waals surface area contributed by atoms with Gasteiger partial charge in [-0.15, -0.1) is 0 Å². The number of benzene rings is 2. The summed E-state index contributed by atoms with van der Waals surface area (Å²) in [6.45, 7) is 5.44. The molecule has 0 heterocycles. The lowest BCUT2D eigenvalue weighted by molar-refractivity contribution is -0.138. The van der Waals surface area contributed by atoms with Crippen LogP contribution in [0.5, 0.6) is 5.75 Å². The van der Waals surface area contributed by atoms with Crippen LogP contribution in [0.15, 0.2) is 43.0 Å². The number of aryl methyl sites for hydroxylation is 1. The molecule has 7 nitrogen and oxygen atoms in total. The van der Waals surface area contributed by atoms with E-state index >= 15 is 0 Å². The van der Waals surface area contributed by atoms with Crippen molar-refractivity contribution in [1.29, 1.82) is 5.41 Å². The van der Waals surface area contributed by atoms with Crippen LogP contribution in [0.2, 0.25) is 0 Å². The smallest absolute Gasteiger partial charge is 0.330 e. The van der Waals surface area contributed by atoms with Crippen LogP contribution in [-0.2, 0) is 11.2 Å². The van der Waals surface area contributed by atoms with Crippen LogP contribution in [0.3, 0.4) is 0 Å². The molecule has 2 aromatic carbocycles. The van der Waals surface area contributed by atoms with E-state index in [1.54, 1.807) is 36.4 Å². The summed E-state index contributed by atoms with van der Waals surface area (Å²) in [5.41, 5.74) is 8.24. The lowest BCUT2D eigenvalue weighted by Gasteiger charge is -2.23. The Bertz CT molecular complexity index is 913. The number of carboxylic acid groups (broad SMARTS) is 1. The van der Waals surface area contributed by atoms with Crippen LogP contribution in [0.25, 0.3) is 5.03 Å². The van der Waals surface area contributed by atoms with Crippen molar-refractivity contribution in [3.8, 4) is 5.75 Å². The molecule has 0 aliphatic rings. The molecular formula is C21H24ClN3O4. The second-order valence-electron chi connectivity index (χ2n) is 6.30. The molecule has 2 rings (SSSR count). The van der Waals surface area contributed by atoms with Gasteiger partial charge in [0.15, 0.2) is 6.04 Å². The molecule has 6 N–H and O–H groups in total. The highest BCUT2D eigenvalue weighted by molar-refractivity contribution is 6.48. The van der Waals surface area contributed by atoms with Gasteiger partial charge in [0.2, 0.25) is 0 Å². The molecule has 0 aliphatic carbocycles. The van der Waals surface area contributed by atoms with Crippen molar-refractivity contribution in [2.45, 2.75) is 19.4 Å². The first kappa shape index (κ1) is 22.3. The summed E-state index contributed by atoms with van der Waals surface area (Å²) in [6, 6.07) is 8.94. The lowest BCUT2D eigenvalue weighted by Crippen LogP contribution is -2.22. The Labute approximate surface area is 174 Å². The van der Waals surface area contributed by atoms with Gasteiger partial charge in [-0.2, -0.15) is 0 Å².